The van der Waals surface area contributed by atoms with Gasteiger partial charge in [0, 0.05) is 70.1 Å². The van der Waals surface area contributed by atoms with Gasteiger partial charge in [0.1, 0.15) is 11.9 Å². The van der Waals surface area contributed by atoms with Crippen LogP contribution in [0.1, 0.15) is 17.0 Å². The highest BCUT2D eigenvalue weighted by Gasteiger charge is 2.33. The van der Waals surface area contributed by atoms with Crippen LogP contribution in [0.3, 0.4) is 0 Å². The first-order chi connectivity index (χ1) is 28.8. The van der Waals surface area contributed by atoms with Crippen molar-refractivity contribution >= 4 is 80.7 Å². The Morgan fingerprint density at radius 1 is 0.483 bits per heavy atom. The largest absolute Gasteiger partial charge is 0.485 e. The van der Waals surface area contributed by atoms with Gasteiger partial charge >= 0.3 is 0 Å². The highest BCUT2D eigenvalue weighted by atomic mass is 32.1. The summed E-state index contributed by atoms with van der Waals surface area (Å²) in [6.45, 7) is 0. The maximum absolute atomic E-state index is 6.40. The molecule has 4 heteroatoms. The minimum atomic E-state index is 0.0177. The highest BCUT2D eigenvalue weighted by Crippen LogP contribution is 2.47. The summed E-state index contributed by atoms with van der Waals surface area (Å²) in [4.78, 5) is 0. The van der Waals surface area contributed by atoms with Crippen LogP contribution in [-0.2, 0) is 0 Å². The van der Waals surface area contributed by atoms with E-state index in [1.54, 1.807) is 0 Å². The van der Waals surface area contributed by atoms with E-state index >= 15 is 0 Å². The predicted molar refractivity (Wildman–Crippen MR) is 244 cm³/mol. The summed E-state index contributed by atoms with van der Waals surface area (Å²) in [5, 5.41) is 7.59. The van der Waals surface area contributed by atoms with Gasteiger partial charge in [-0.1, -0.05) is 127 Å². The van der Waals surface area contributed by atoms with E-state index in [0.29, 0.717) is 0 Å². The molecule has 0 saturated carbocycles. The van der Waals surface area contributed by atoms with Gasteiger partial charge in [-0.3, -0.25) is 0 Å². The molecular weight excluding hydrogens is 725 g/mol. The van der Waals surface area contributed by atoms with E-state index in [1.165, 1.54) is 91.6 Å². The number of hydrogen-bond donors (Lipinski definition) is 0. The van der Waals surface area contributed by atoms with Crippen LogP contribution in [0.4, 0.5) is 0 Å². The summed E-state index contributed by atoms with van der Waals surface area (Å²) in [5.74, 6) is 1.16. The van der Waals surface area contributed by atoms with E-state index in [2.05, 4.69) is 203 Å². The maximum atomic E-state index is 6.40. The molecule has 0 saturated heterocycles. The Hall–Kier alpha value is -7.14. The summed E-state index contributed by atoms with van der Waals surface area (Å²) in [6, 6.07) is 64.5. The number of thiophene rings is 1. The van der Waals surface area contributed by atoms with Crippen LogP contribution in [0.15, 0.2) is 194 Å². The van der Waals surface area contributed by atoms with Gasteiger partial charge in [-0.05, 0) is 83.4 Å². The van der Waals surface area contributed by atoms with Crippen LogP contribution in [0.25, 0.3) is 91.9 Å². The number of nitrogens with zero attached hydrogens (tertiary/aromatic N) is 2. The highest BCUT2D eigenvalue weighted by molar-refractivity contribution is 7.26. The second kappa shape index (κ2) is 12.2. The minimum absolute atomic E-state index is 0.0177. The van der Waals surface area contributed by atoms with E-state index in [9.17, 15) is 0 Å². The molecule has 272 valence electrons. The van der Waals surface area contributed by atoms with E-state index in [0.717, 1.165) is 17.1 Å². The number of aromatic nitrogens is 2. The van der Waals surface area contributed by atoms with Gasteiger partial charge in [-0.25, -0.2) is 0 Å². The number of para-hydroxylation sites is 4. The Bertz CT molecular complexity index is 3560. The molecule has 0 amide bonds. The molecule has 0 fully saturated rings. The molecule has 2 atom stereocenters. The monoisotopic (exact) mass is 758 g/mol. The molecule has 13 rings (SSSR count). The zero-order valence-corrected chi connectivity index (χ0v) is 32.2. The molecule has 11 aromatic rings. The third-order valence-electron chi connectivity index (χ3n) is 12.4. The lowest BCUT2D eigenvalue weighted by Crippen LogP contribution is -2.17. The second-order valence-corrected chi connectivity index (χ2v) is 16.6. The third kappa shape index (κ3) is 4.55. The summed E-state index contributed by atoms with van der Waals surface area (Å²) in [5.41, 5.74) is 13.3. The molecule has 1 aliphatic carbocycles. The van der Waals surface area contributed by atoms with Crippen molar-refractivity contribution in [3.63, 3.8) is 0 Å². The second-order valence-electron chi connectivity index (χ2n) is 15.6. The number of rotatable bonds is 4. The van der Waals surface area contributed by atoms with Gasteiger partial charge in [0.05, 0.1) is 22.1 Å². The molecule has 8 aromatic carbocycles. The van der Waals surface area contributed by atoms with Crippen molar-refractivity contribution in [2.45, 2.75) is 12.0 Å². The molecule has 3 aromatic heterocycles. The SMILES string of the molecule is C1=CC2Oc3ccccc3C2C=C1c1cc(-n2c3ccccc3c3ccc(-c4cccc5c4c4ccccc4n5-c4ccccc4)cc32)cc2c1sc1ccccc12. The van der Waals surface area contributed by atoms with Gasteiger partial charge in [0.2, 0.25) is 0 Å². The fourth-order valence-electron chi connectivity index (χ4n) is 9.92. The van der Waals surface area contributed by atoms with E-state index < -0.39 is 0 Å². The number of ether oxygens (including phenoxy) is 1. The molecule has 2 aliphatic rings. The van der Waals surface area contributed by atoms with Gasteiger partial charge in [0.25, 0.3) is 0 Å². The van der Waals surface area contributed by atoms with E-state index in [4.69, 9.17) is 4.74 Å². The smallest absolute Gasteiger partial charge is 0.128 e. The van der Waals surface area contributed by atoms with Gasteiger partial charge < -0.3 is 13.9 Å². The molecular formula is C54H34N2OS. The van der Waals surface area contributed by atoms with Crippen molar-refractivity contribution < 1.29 is 4.74 Å². The number of benzene rings is 8. The summed E-state index contributed by atoms with van der Waals surface area (Å²) >= 11 is 1.89. The first-order valence-electron chi connectivity index (χ1n) is 20.0. The Balaban J connectivity index is 1.07. The van der Waals surface area contributed by atoms with Gasteiger partial charge in [0.15, 0.2) is 0 Å². The lowest BCUT2D eigenvalue weighted by molar-refractivity contribution is 0.269. The number of allylic oxidation sites excluding steroid dienone is 2. The average molecular weight is 759 g/mol. The Morgan fingerprint density at radius 2 is 1.19 bits per heavy atom. The molecule has 1 aliphatic heterocycles. The topological polar surface area (TPSA) is 19.1 Å². The van der Waals surface area contributed by atoms with Crippen LogP contribution < -0.4 is 4.74 Å². The molecule has 0 spiro atoms. The fraction of sp³-hybridized carbons (Fsp3) is 0.0370. The molecule has 0 N–H and O–H groups in total. The number of hydrogen-bond acceptors (Lipinski definition) is 2. The van der Waals surface area contributed by atoms with Crippen LogP contribution >= 0.6 is 11.3 Å². The average Bonchev–Trinajstić information content (AvgIpc) is 4.03. The van der Waals surface area contributed by atoms with Gasteiger partial charge in [-0.2, -0.15) is 0 Å². The molecule has 4 heterocycles. The van der Waals surface area contributed by atoms with Crippen molar-refractivity contribution in [2.24, 2.45) is 0 Å². The van der Waals surface area contributed by atoms with E-state index in [-0.39, 0.29) is 12.0 Å². The van der Waals surface area contributed by atoms with Crippen LogP contribution in [0.2, 0.25) is 0 Å². The first kappa shape index (κ1) is 32.0. The summed E-state index contributed by atoms with van der Waals surface area (Å²) in [7, 11) is 0. The molecule has 0 bridgehead atoms. The van der Waals surface area contributed by atoms with Crippen molar-refractivity contribution in [1.29, 1.82) is 0 Å². The molecule has 3 nitrogen and oxygen atoms in total. The van der Waals surface area contributed by atoms with Gasteiger partial charge in [-0.15, -0.1) is 11.3 Å². The standard InChI is InChI=1S/C54H34N2OS/c1-2-13-35(14-3-1)55-47-21-9-5-18-42(47)53-37(19-12-22-48(53)55)34-25-27-39-38-15-4-8-20-46(38)56(49(39)30-34)36-31-43(54-45(32-36)41-17-7-11-24-52(41)58-54)33-26-28-51-44(29-33)40-16-6-10-23-50(40)57-51/h1-32,44,51H. The maximum Gasteiger partial charge on any atom is 0.128 e. The van der Waals surface area contributed by atoms with Crippen molar-refractivity contribution in [3.05, 3.63) is 205 Å². The first-order valence-corrected chi connectivity index (χ1v) is 20.8. The Kier molecular flexibility index (Phi) is 6.72. The van der Waals surface area contributed by atoms with E-state index in [1.807, 2.05) is 11.3 Å². The minimum Gasteiger partial charge on any atom is -0.485 e. The molecule has 0 radical (unpaired) electrons. The summed E-state index contributed by atoms with van der Waals surface area (Å²) < 4.78 is 13.9. The Labute approximate surface area is 338 Å². The van der Waals surface area contributed by atoms with Crippen LogP contribution in [-0.4, -0.2) is 15.2 Å². The van der Waals surface area contributed by atoms with Crippen LogP contribution in [0, 0.1) is 0 Å². The third-order valence-corrected chi connectivity index (χ3v) is 13.7. The Morgan fingerprint density at radius 3 is 2.09 bits per heavy atom. The van der Waals surface area contributed by atoms with Crippen molar-refractivity contribution in [1.82, 2.24) is 9.13 Å². The lowest BCUT2D eigenvalue weighted by Gasteiger charge is -2.20. The molecule has 58 heavy (non-hydrogen) atoms. The zero-order valence-electron chi connectivity index (χ0n) is 31.3. The quantitative estimate of drug-likeness (QED) is 0.175. The predicted octanol–water partition coefficient (Wildman–Crippen LogP) is 14.4. The molecule has 2 unspecified atom stereocenters. The van der Waals surface area contributed by atoms with Crippen molar-refractivity contribution in [2.75, 3.05) is 0 Å². The number of fused-ring (bicyclic) bond motifs is 12. The zero-order chi connectivity index (χ0) is 37.9. The lowest BCUT2D eigenvalue weighted by atomic mass is 9.86. The van der Waals surface area contributed by atoms with Crippen LogP contribution in [0.5, 0.6) is 5.75 Å². The van der Waals surface area contributed by atoms with Crippen molar-refractivity contribution in [3.8, 4) is 28.3 Å². The summed E-state index contributed by atoms with van der Waals surface area (Å²) in [6.07, 6.45) is 7.00. The normalized spacial score (nSPS) is 16.1. The fourth-order valence-corrected chi connectivity index (χ4v) is 11.1.